The molecule has 7 rings (SSSR count). The Morgan fingerprint density at radius 3 is 2.44 bits per heavy atom. The van der Waals surface area contributed by atoms with Crippen LogP contribution in [0.3, 0.4) is 0 Å². The van der Waals surface area contributed by atoms with Crippen LogP contribution < -0.4 is 11.2 Å². The third kappa shape index (κ3) is 5.71. The van der Waals surface area contributed by atoms with Gasteiger partial charge in [-0.1, -0.05) is 36.0 Å². The normalized spacial score (nSPS) is 16.8. The molecule has 1 aliphatic carbocycles. The van der Waals surface area contributed by atoms with Gasteiger partial charge in [-0.05, 0) is 80.1 Å². The van der Waals surface area contributed by atoms with Gasteiger partial charge in [-0.15, -0.1) is 0 Å². The maximum Gasteiger partial charge on any atom is 0.337 e. The molecule has 0 saturated heterocycles. The maximum atomic E-state index is 14.4. The number of nitrogens with zero attached hydrogens (tertiary/aromatic N) is 5. The number of aromatic nitrogens is 5. The first kappa shape index (κ1) is 28.8. The number of carbonyl (C=O) groups excluding carboxylic acids is 1. The van der Waals surface area contributed by atoms with Gasteiger partial charge < -0.3 is 4.40 Å². The summed E-state index contributed by atoms with van der Waals surface area (Å²) in [7, 11) is 0. The van der Waals surface area contributed by atoms with Gasteiger partial charge in [-0.2, -0.15) is 0 Å². The van der Waals surface area contributed by atoms with E-state index >= 15 is 0 Å². The van der Waals surface area contributed by atoms with Crippen molar-refractivity contribution in [3.8, 4) is 5.69 Å². The van der Waals surface area contributed by atoms with Crippen molar-refractivity contribution in [2.45, 2.75) is 47.9 Å². The molecule has 0 unspecified atom stereocenters. The molecule has 1 aliphatic rings. The number of hydrogen-bond acceptors (Lipinski definition) is 6. The molecular weight excluding hydrogens is 596 g/mol. The quantitative estimate of drug-likeness (QED) is 0.186. The molecule has 0 amide bonds. The molecule has 0 atom stereocenters. The van der Waals surface area contributed by atoms with E-state index in [0.29, 0.717) is 37.0 Å². The molecule has 0 N–H and O–H groups in total. The fraction of sp³-hybridized carbons (Fsp3) is 0.206. The Labute approximate surface area is 260 Å². The van der Waals surface area contributed by atoms with Gasteiger partial charge in [0.1, 0.15) is 23.0 Å². The summed E-state index contributed by atoms with van der Waals surface area (Å²) in [5.41, 5.74) is 0.264. The molecule has 0 aliphatic heterocycles. The zero-order chi connectivity index (χ0) is 31.1. The van der Waals surface area contributed by atoms with Crippen LogP contribution in [0.1, 0.15) is 48.6 Å². The smallest absolute Gasteiger partial charge is 0.303 e. The third-order valence-corrected chi connectivity index (χ3v) is 9.30. The lowest BCUT2D eigenvalue weighted by molar-refractivity contribution is 0.0938. The number of fused-ring (bicyclic) bond motifs is 2. The number of benzene rings is 2. The Morgan fingerprint density at radius 1 is 0.867 bits per heavy atom. The van der Waals surface area contributed by atoms with Crippen molar-refractivity contribution in [3.05, 3.63) is 130 Å². The molecule has 1 saturated carbocycles. The first-order valence-electron chi connectivity index (χ1n) is 14.7. The van der Waals surface area contributed by atoms with Gasteiger partial charge in [0.25, 0.3) is 5.56 Å². The van der Waals surface area contributed by atoms with Crippen molar-refractivity contribution >= 4 is 34.2 Å². The Morgan fingerprint density at radius 2 is 1.64 bits per heavy atom. The van der Waals surface area contributed by atoms with Gasteiger partial charge in [-0.3, -0.25) is 14.2 Å². The highest BCUT2D eigenvalue weighted by molar-refractivity contribution is 7.99. The monoisotopic (exact) mass is 623 g/mol. The van der Waals surface area contributed by atoms with Crippen molar-refractivity contribution in [2.75, 3.05) is 0 Å². The molecule has 11 heteroatoms. The van der Waals surface area contributed by atoms with Crippen molar-refractivity contribution in [3.63, 3.8) is 0 Å². The third-order valence-electron chi connectivity index (χ3n) is 8.30. The Hall–Kier alpha value is -4.90. The number of ketones is 1. The highest BCUT2D eigenvalue weighted by Crippen LogP contribution is 2.34. The lowest BCUT2D eigenvalue weighted by atomic mass is 9.82. The van der Waals surface area contributed by atoms with Gasteiger partial charge in [-0.25, -0.2) is 28.1 Å². The molecule has 45 heavy (non-hydrogen) atoms. The van der Waals surface area contributed by atoms with Crippen LogP contribution in [0.25, 0.3) is 22.4 Å². The standard InChI is InChI=1S/C34H27F2N5O3S/c35-22-11-14-31-38-29(20-39(31)19-22)30(42)15-21-9-12-24(13-10-21)41-33(43)28-16-23(36)18-37-32(28)40(34(41)44)25-5-4-8-27(17-25)45-26-6-2-1-3-7-26/h1-8,11,14,16-21,24H,9-10,12-13,15H2. The number of Topliss-reactive ketones (excluding diaryl/α,β-unsaturated/α-hetero) is 1. The minimum atomic E-state index is -0.665. The second-order valence-corrected chi connectivity index (χ2v) is 12.4. The summed E-state index contributed by atoms with van der Waals surface area (Å²) < 4.78 is 32.1. The number of hydrogen-bond donors (Lipinski definition) is 0. The molecule has 226 valence electrons. The summed E-state index contributed by atoms with van der Waals surface area (Å²) >= 11 is 1.54. The van der Waals surface area contributed by atoms with Gasteiger partial charge in [0.05, 0.1) is 17.3 Å². The lowest BCUT2D eigenvalue weighted by Gasteiger charge is -2.29. The van der Waals surface area contributed by atoms with E-state index in [-0.39, 0.29) is 34.8 Å². The molecule has 6 aromatic rings. The van der Waals surface area contributed by atoms with Crippen LogP contribution in [0, 0.1) is 17.6 Å². The highest BCUT2D eigenvalue weighted by Gasteiger charge is 2.29. The largest absolute Gasteiger partial charge is 0.337 e. The highest BCUT2D eigenvalue weighted by atomic mass is 32.2. The van der Waals surface area contributed by atoms with E-state index < -0.39 is 28.9 Å². The molecule has 0 bridgehead atoms. The van der Waals surface area contributed by atoms with Crippen LogP contribution >= 0.6 is 11.8 Å². The topological polar surface area (TPSA) is 91.3 Å². The number of pyridine rings is 2. The molecule has 1 fully saturated rings. The summed E-state index contributed by atoms with van der Waals surface area (Å²) in [5, 5.41) is 0.0244. The van der Waals surface area contributed by atoms with Crippen molar-refractivity contribution in [1.29, 1.82) is 0 Å². The Kier molecular flexibility index (Phi) is 7.62. The summed E-state index contributed by atoms with van der Waals surface area (Å²) in [4.78, 5) is 51.2. The second kappa shape index (κ2) is 11.9. The predicted molar refractivity (Wildman–Crippen MR) is 167 cm³/mol. The number of halogens is 2. The zero-order valence-electron chi connectivity index (χ0n) is 24.0. The van der Waals surface area contributed by atoms with E-state index in [1.807, 2.05) is 48.5 Å². The van der Waals surface area contributed by atoms with Crippen molar-refractivity contribution in [1.82, 2.24) is 23.5 Å². The zero-order valence-corrected chi connectivity index (χ0v) is 24.8. The molecule has 0 radical (unpaired) electrons. The Balaban J connectivity index is 1.17. The van der Waals surface area contributed by atoms with Crippen LogP contribution in [0.5, 0.6) is 0 Å². The summed E-state index contributed by atoms with van der Waals surface area (Å²) in [6.07, 6.45) is 6.31. The average molecular weight is 624 g/mol. The molecule has 8 nitrogen and oxygen atoms in total. The lowest BCUT2D eigenvalue weighted by Crippen LogP contribution is -2.43. The number of imidazole rings is 1. The van der Waals surface area contributed by atoms with E-state index in [2.05, 4.69) is 9.97 Å². The average Bonchev–Trinajstić information content (AvgIpc) is 3.47. The molecular formula is C34H27F2N5O3S. The fourth-order valence-corrected chi connectivity index (χ4v) is 7.01. The minimum absolute atomic E-state index is 0.0244. The number of carbonyl (C=O) groups is 1. The first-order chi connectivity index (χ1) is 21.8. The van der Waals surface area contributed by atoms with Crippen LogP contribution in [0.2, 0.25) is 0 Å². The summed E-state index contributed by atoms with van der Waals surface area (Å²) in [5.74, 6) is -1.18. The SMILES string of the molecule is O=C(CC1CCC(n2c(=O)c3cc(F)cnc3n(-c3cccc(Sc4ccccc4)c3)c2=O)CC1)c1cn2cc(F)ccc2n1. The molecule has 0 spiro atoms. The maximum absolute atomic E-state index is 14.4. The van der Waals surface area contributed by atoms with Gasteiger partial charge >= 0.3 is 5.69 Å². The van der Waals surface area contributed by atoms with Crippen LogP contribution in [0.4, 0.5) is 8.78 Å². The summed E-state index contributed by atoms with van der Waals surface area (Å²) in [6, 6.07) is 20.7. The molecule has 2 aromatic carbocycles. The van der Waals surface area contributed by atoms with Crippen LogP contribution in [-0.2, 0) is 0 Å². The summed E-state index contributed by atoms with van der Waals surface area (Å²) in [6.45, 7) is 0. The van der Waals surface area contributed by atoms with Gasteiger partial charge in [0.2, 0.25) is 0 Å². The Bertz CT molecular complexity index is 2190. The predicted octanol–water partition coefficient (Wildman–Crippen LogP) is 6.63. The van der Waals surface area contributed by atoms with Gasteiger partial charge in [0, 0.05) is 34.6 Å². The van der Waals surface area contributed by atoms with E-state index in [0.717, 1.165) is 22.1 Å². The van der Waals surface area contributed by atoms with Crippen LogP contribution in [-0.4, -0.2) is 29.3 Å². The molecule has 4 aromatic heterocycles. The first-order valence-corrected chi connectivity index (χ1v) is 15.5. The minimum Gasteiger partial charge on any atom is -0.303 e. The van der Waals surface area contributed by atoms with Crippen molar-refractivity contribution < 1.29 is 13.6 Å². The van der Waals surface area contributed by atoms with E-state index in [1.165, 1.54) is 49.8 Å². The van der Waals surface area contributed by atoms with Crippen LogP contribution in [0.15, 0.2) is 111 Å². The van der Waals surface area contributed by atoms with E-state index in [9.17, 15) is 23.2 Å². The van der Waals surface area contributed by atoms with E-state index in [1.54, 1.807) is 6.07 Å². The van der Waals surface area contributed by atoms with Gasteiger partial charge in [0.15, 0.2) is 11.4 Å². The molecule has 4 heterocycles. The number of rotatable bonds is 7. The second-order valence-electron chi connectivity index (χ2n) is 11.3. The van der Waals surface area contributed by atoms with Crippen molar-refractivity contribution in [2.24, 2.45) is 5.92 Å². The van der Waals surface area contributed by atoms with E-state index in [4.69, 9.17) is 0 Å². The fourth-order valence-electron chi connectivity index (χ4n) is 6.12.